The molecule has 2 N–H and O–H groups in total. The Morgan fingerprint density at radius 2 is 1.91 bits per heavy atom. The molecule has 0 aliphatic heterocycles. The van der Waals surface area contributed by atoms with Gasteiger partial charge in [0, 0.05) is 0 Å². The Kier molecular flexibility index (Phi) is 4.55. The second-order valence-electron chi connectivity index (χ2n) is 1.29. The van der Waals surface area contributed by atoms with Gasteiger partial charge in [0.05, 0.1) is 0 Å². The maximum Gasteiger partial charge on any atom is 0.359 e. The largest absolute Gasteiger partial charge is 0.490 e. The van der Waals surface area contributed by atoms with E-state index in [2.05, 4.69) is 4.18 Å². The van der Waals surface area contributed by atoms with Crippen LogP contribution in [-0.2, 0) is 15.5 Å². The zero-order valence-corrected chi connectivity index (χ0v) is 5.91. The first-order chi connectivity index (χ1) is 5.02. The van der Waals surface area contributed by atoms with Crippen LogP contribution in [-0.4, -0.2) is 39.9 Å². The molecule has 6 nitrogen and oxygen atoms in total. The van der Waals surface area contributed by atoms with Crippen molar-refractivity contribution in [2.45, 2.75) is 0 Å². The average Bonchev–Trinajstić information content (AvgIpc) is 1.82. The summed E-state index contributed by atoms with van der Waals surface area (Å²) in [6, 6.07) is 0. The third kappa shape index (κ3) is 7.07. The lowest BCUT2D eigenvalue weighted by atomic mass is 9.39. The highest BCUT2D eigenvalue weighted by Crippen LogP contribution is 1.82. The lowest BCUT2D eigenvalue weighted by Crippen LogP contribution is -2.23. The van der Waals surface area contributed by atoms with E-state index in [1.807, 2.05) is 0 Å². The minimum absolute atomic E-state index is 0.495. The normalized spacial score (nSPS) is 11.4. The Morgan fingerprint density at radius 1 is 1.36 bits per heavy atom. The predicted molar refractivity (Wildman–Crippen MR) is 36.8 cm³/mol. The Morgan fingerprint density at radius 3 is 2.27 bits per heavy atom. The molecule has 0 aromatic carbocycles. The number of carbonyl (C=O) groups excluding carboxylic acids is 1. The molecule has 2 radical (unpaired) electrons. The Labute approximate surface area is 65.9 Å². The number of hydrogen-bond acceptors (Lipinski definition) is 4. The third-order valence-corrected chi connectivity index (χ3v) is 0.822. The van der Waals surface area contributed by atoms with Crippen molar-refractivity contribution >= 4 is 37.4 Å². The Hall–Kier alpha value is -0.820. The summed E-state index contributed by atoms with van der Waals surface area (Å²) in [6.45, 7) is 0. The van der Waals surface area contributed by atoms with E-state index >= 15 is 0 Å². The first-order valence-corrected chi connectivity index (χ1v) is 3.29. The highest BCUT2D eigenvalue weighted by atomic mass is 32.2. The quantitative estimate of drug-likeness (QED) is 0.431. The highest BCUT2D eigenvalue weighted by molar-refractivity contribution is 7.74. The average molecular weight is 176 g/mol. The summed E-state index contributed by atoms with van der Waals surface area (Å²) in [7, 11) is 1.02. The summed E-state index contributed by atoms with van der Waals surface area (Å²) >= 11 is -2.70. The maximum absolute atomic E-state index is 10.2. The molecule has 58 valence electrons. The zero-order valence-electron chi connectivity index (χ0n) is 5.09. The summed E-state index contributed by atoms with van der Waals surface area (Å²) in [5, 5.41) is 7.96. The SMILES string of the molecule is O=C(O)[B][B]C(=O)OS(=O)O. The molecule has 1 atom stereocenters. The molecule has 0 heterocycles. The molecule has 0 amide bonds. The van der Waals surface area contributed by atoms with Gasteiger partial charge in [-0.1, -0.05) is 0 Å². The molecular formula is C2H2B2O6S. The van der Waals surface area contributed by atoms with Crippen LogP contribution in [0.25, 0.3) is 0 Å². The Bertz CT molecular complexity index is 191. The van der Waals surface area contributed by atoms with E-state index < -0.39 is 23.1 Å². The van der Waals surface area contributed by atoms with Crippen molar-refractivity contribution in [1.29, 1.82) is 0 Å². The van der Waals surface area contributed by atoms with Crippen LogP contribution in [0.1, 0.15) is 0 Å². The van der Waals surface area contributed by atoms with Crippen molar-refractivity contribution in [1.82, 2.24) is 0 Å². The second-order valence-corrected chi connectivity index (χ2v) is 1.89. The van der Waals surface area contributed by atoms with Crippen LogP contribution >= 0.6 is 0 Å². The van der Waals surface area contributed by atoms with Gasteiger partial charge in [-0.15, -0.1) is 0 Å². The van der Waals surface area contributed by atoms with Gasteiger partial charge < -0.3 is 9.29 Å². The minimum atomic E-state index is -2.70. The molecule has 0 aromatic rings. The first-order valence-electron chi connectivity index (χ1n) is 2.26. The zero-order chi connectivity index (χ0) is 8.85. The summed E-state index contributed by atoms with van der Waals surface area (Å²) < 4.78 is 21.3. The molecule has 9 heteroatoms. The van der Waals surface area contributed by atoms with Crippen LogP contribution in [0.4, 0.5) is 9.59 Å². The van der Waals surface area contributed by atoms with Gasteiger partial charge in [-0.25, -0.2) is 0 Å². The molecule has 0 saturated carbocycles. The van der Waals surface area contributed by atoms with Gasteiger partial charge in [0.2, 0.25) is 20.2 Å². The van der Waals surface area contributed by atoms with Gasteiger partial charge >= 0.3 is 11.4 Å². The Balaban J connectivity index is 3.53. The fourth-order valence-electron chi connectivity index (χ4n) is 0.237. The van der Waals surface area contributed by atoms with E-state index in [0.717, 1.165) is 0 Å². The summed E-state index contributed by atoms with van der Waals surface area (Å²) in [4.78, 5) is 20.0. The molecule has 0 fully saturated rings. The summed E-state index contributed by atoms with van der Waals surface area (Å²) in [5.41, 5.74) is 0. The lowest BCUT2D eigenvalue weighted by molar-refractivity contribution is 0.219. The molecule has 11 heavy (non-hydrogen) atoms. The molecule has 0 aromatic heterocycles. The number of rotatable bonds is 4. The van der Waals surface area contributed by atoms with Crippen molar-refractivity contribution in [2.24, 2.45) is 0 Å². The topological polar surface area (TPSA) is 101 Å². The molecule has 0 aliphatic rings. The standard InChI is InChI=1S/C2H2B2O6S/c5-1(6)3-4-2(7)10-11(8)9/h(H,5,6)(H,8,9). The van der Waals surface area contributed by atoms with Crippen LogP contribution in [0, 0.1) is 0 Å². The molecule has 0 rings (SSSR count). The molecule has 0 spiro atoms. The molecule has 0 saturated heterocycles. The molecular weight excluding hydrogens is 174 g/mol. The van der Waals surface area contributed by atoms with Crippen molar-refractivity contribution in [3.8, 4) is 0 Å². The van der Waals surface area contributed by atoms with Gasteiger partial charge in [0.15, 0.2) is 0 Å². The van der Waals surface area contributed by atoms with Gasteiger partial charge in [-0.2, -0.15) is 4.21 Å². The maximum atomic E-state index is 10.2. The molecule has 0 bridgehead atoms. The summed E-state index contributed by atoms with van der Waals surface area (Å²) in [6.07, 6.45) is 0. The third-order valence-electron chi connectivity index (χ3n) is 0.515. The van der Waals surface area contributed by atoms with Gasteiger partial charge in [0.25, 0.3) is 5.87 Å². The fraction of sp³-hybridized carbons (Fsp3) is 0. The van der Waals surface area contributed by atoms with Crippen molar-refractivity contribution in [3.63, 3.8) is 0 Å². The van der Waals surface area contributed by atoms with Gasteiger partial charge in [-0.3, -0.25) is 14.1 Å². The molecule has 0 aliphatic carbocycles. The lowest BCUT2D eigenvalue weighted by Gasteiger charge is -1.93. The van der Waals surface area contributed by atoms with E-state index in [4.69, 9.17) is 9.66 Å². The number of hydrogen-bond donors (Lipinski definition) is 2. The van der Waals surface area contributed by atoms with E-state index in [0.29, 0.717) is 14.3 Å². The molecule has 1 unspecified atom stereocenters. The van der Waals surface area contributed by atoms with Crippen molar-refractivity contribution in [2.75, 3.05) is 0 Å². The van der Waals surface area contributed by atoms with Crippen molar-refractivity contribution in [3.05, 3.63) is 0 Å². The number of carbonyl (C=O) groups is 2. The minimum Gasteiger partial charge on any atom is -0.490 e. The van der Waals surface area contributed by atoms with E-state index in [-0.39, 0.29) is 0 Å². The second kappa shape index (κ2) is 4.91. The fourth-order valence-corrected chi connectivity index (χ4v) is 0.433. The van der Waals surface area contributed by atoms with Crippen LogP contribution in [0.5, 0.6) is 0 Å². The van der Waals surface area contributed by atoms with Crippen LogP contribution < -0.4 is 0 Å². The van der Waals surface area contributed by atoms with E-state index in [1.54, 1.807) is 0 Å². The van der Waals surface area contributed by atoms with Gasteiger partial charge in [0.1, 0.15) is 0 Å². The van der Waals surface area contributed by atoms with Crippen LogP contribution in [0.3, 0.4) is 0 Å². The highest BCUT2D eigenvalue weighted by Gasteiger charge is 2.12. The smallest absolute Gasteiger partial charge is 0.359 e. The predicted octanol–water partition coefficient (Wildman–Crippen LogP) is -0.739. The first kappa shape index (κ1) is 10.2. The van der Waals surface area contributed by atoms with Crippen molar-refractivity contribution < 1.29 is 27.6 Å². The van der Waals surface area contributed by atoms with Crippen LogP contribution in [0.2, 0.25) is 0 Å². The van der Waals surface area contributed by atoms with Crippen LogP contribution in [0.15, 0.2) is 0 Å². The van der Waals surface area contributed by atoms with Gasteiger partial charge in [-0.05, 0) is 0 Å². The monoisotopic (exact) mass is 176 g/mol. The number of carboxylic acid groups (broad SMARTS) is 1. The van der Waals surface area contributed by atoms with E-state index in [9.17, 15) is 13.8 Å². The summed E-state index contributed by atoms with van der Waals surface area (Å²) in [5.74, 6) is -2.53. The van der Waals surface area contributed by atoms with E-state index in [1.165, 1.54) is 0 Å².